The summed E-state index contributed by atoms with van der Waals surface area (Å²) in [6.07, 6.45) is 2.38. The molecule has 1 aromatic carbocycles. The van der Waals surface area contributed by atoms with Crippen LogP contribution in [-0.2, 0) is 6.54 Å². The average molecular weight is 237 g/mol. The molecule has 0 amide bonds. The summed E-state index contributed by atoms with van der Waals surface area (Å²) >= 11 is 0. The summed E-state index contributed by atoms with van der Waals surface area (Å²) in [4.78, 5) is 2.32. The van der Waals surface area contributed by atoms with Crippen molar-refractivity contribution in [1.29, 1.82) is 0 Å². The van der Waals surface area contributed by atoms with Gasteiger partial charge in [-0.2, -0.15) is 0 Å². The third-order valence-electron chi connectivity index (χ3n) is 3.41. The number of hydrogen-bond donors (Lipinski definition) is 2. The number of rotatable bonds is 3. The van der Waals surface area contributed by atoms with Crippen LogP contribution in [0.2, 0.25) is 0 Å². The molecule has 1 aliphatic rings. The van der Waals surface area contributed by atoms with Crippen LogP contribution in [0.15, 0.2) is 18.2 Å². The highest BCUT2D eigenvalue weighted by molar-refractivity contribution is 6.58. The second-order valence-electron chi connectivity index (χ2n) is 4.69. The lowest BCUT2D eigenvalue weighted by atomic mass is 9.79. The molecule has 1 atom stereocenters. The van der Waals surface area contributed by atoms with Crippen molar-refractivity contribution >= 4 is 12.6 Å². The predicted octanol–water partition coefficient (Wildman–Crippen LogP) is 0.490. The highest BCUT2D eigenvalue weighted by Gasteiger charge is 2.22. The van der Waals surface area contributed by atoms with Crippen molar-refractivity contribution in [2.24, 2.45) is 0 Å². The first-order valence-electron chi connectivity index (χ1n) is 5.96. The van der Waals surface area contributed by atoms with Gasteiger partial charge in [-0.25, -0.2) is 4.39 Å². The van der Waals surface area contributed by atoms with E-state index >= 15 is 0 Å². The van der Waals surface area contributed by atoms with E-state index in [0.717, 1.165) is 18.7 Å². The van der Waals surface area contributed by atoms with Crippen molar-refractivity contribution in [3.63, 3.8) is 0 Å². The topological polar surface area (TPSA) is 43.7 Å². The maximum absolute atomic E-state index is 13.3. The van der Waals surface area contributed by atoms with Gasteiger partial charge in [-0.1, -0.05) is 12.1 Å². The first-order chi connectivity index (χ1) is 8.08. The Bertz CT molecular complexity index is 400. The fourth-order valence-electron chi connectivity index (χ4n) is 2.35. The van der Waals surface area contributed by atoms with Crippen LogP contribution in [-0.4, -0.2) is 34.7 Å². The molecule has 5 heteroatoms. The Hall–Kier alpha value is -0.905. The molecular formula is C12H17BFNO2. The van der Waals surface area contributed by atoms with Crippen LogP contribution < -0.4 is 5.46 Å². The SMILES string of the molecule is CC1CCCN1Cc1ccc(F)c(B(O)O)c1. The van der Waals surface area contributed by atoms with Crippen LogP contribution in [0.3, 0.4) is 0 Å². The molecule has 0 radical (unpaired) electrons. The molecule has 1 heterocycles. The van der Waals surface area contributed by atoms with Crippen LogP contribution in [0.4, 0.5) is 4.39 Å². The molecule has 2 rings (SSSR count). The van der Waals surface area contributed by atoms with Gasteiger partial charge in [0.25, 0.3) is 0 Å². The third kappa shape index (κ3) is 2.86. The summed E-state index contributed by atoms with van der Waals surface area (Å²) in [7, 11) is -1.74. The normalized spacial score (nSPS) is 20.8. The van der Waals surface area contributed by atoms with Gasteiger partial charge in [-0.05, 0) is 37.9 Å². The van der Waals surface area contributed by atoms with E-state index in [2.05, 4.69) is 11.8 Å². The lowest BCUT2D eigenvalue weighted by molar-refractivity contribution is 0.260. The summed E-state index contributed by atoms with van der Waals surface area (Å²) < 4.78 is 13.3. The Morgan fingerprint density at radius 3 is 2.82 bits per heavy atom. The Morgan fingerprint density at radius 1 is 1.47 bits per heavy atom. The minimum atomic E-state index is -1.74. The van der Waals surface area contributed by atoms with E-state index in [0.29, 0.717) is 6.04 Å². The van der Waals surface area contributed by atoms with Crippen molar-refractivity contribution in [2.75, 3.05) is 6.54 Å². The maximum atomic E-state index is 13.3. The largest absolute Gasteiger partial charge is 0.491 e. The molecule has 0 aliphatic carbocycles. The lowest BCUT2D eigenvalue weighted by Gasteiger charge is -2.21. The van der Waals surface area contributed by atoms with Gasteiger partial charge in [0, 0.05) is 18.0 Å². The van der Waals surface area contributed by atoms with Crippen molar-refractivity contribution in [2.45, 2.75) is 32.4 Å². The molecule has 2 N–H and O–H groups in total. The minimum absolute atomic E-state index is 0.0469. The molecule has 1 saturated heterocycles. The van der Waals surface area contributed by atoms with E-state index in [9.17, 15) is 4.39 Å². The quantitative estimate of drug-likeness (QED) is 0.752. The van der Waals surface area contributed by atoms with Crippen LogP contribution in [0.5, 0.6) is 0 Å². The molecule has 1 unspecified atom stereocenters. The monoisotopic (exact) mass is 237 g/mol. The first-order valence-corrected chi connectivity index (χ1v) is 5.96. The molecule has 1 aliphatic heterocycles. The lowest BCUT2D eigenvalue weighted by Crippen LogP contribution is -2.34. The van der Waals surface area contributed by atoms with Gasteiger partial charge in [-0.3, -0.25) is 4.90 Å². The molecule has 3 nitrogen and oxygen atoms in total. The number of likely N-dealkylation sites (tertiary alicyclic amines) is 1. The fourth-order valence-corrected chi connectivity index (χ4v) is 2.35. The van der Waals surface area contributed by atoms with E-state index in [4.69, 9.17) is 10.0 Å². The summed E-state index contributed by atoms with van der Waals surface area (Å²) in [6.45, 7) is 3.97. The summed E-state index contributed by atoms with van der Waals surface area (Å²) in [6, 6.07) is 5.07. The van der Waals surface area contributed by atoms with E-state index in [-0.39, 0.29) is 5.46 Å². The van der Waals surface area contributed by atoms with Gasteiger partial charge >= 0.3 is 7.12 Å². The van der Waals surface area contributed by atoms with Crippen LogP contribution in [0, 0.1) is 5.82 Å². The molecule has 17 heavy (non-hydrogen) atoms. The summed E-state index contributed by atoms with van der Waals surface area (Å²) in [5.74, 6) is -0.571. The highest BCUT2D eigenvalue weighted by atomic mass is 19.1. The van der Waals surface area contributed by atoms with Crippen molar-refractivity contribution in [3.8, 4) is 0 Å². The zero-order valence-corrected chi connectivity index (χ0v) is 9.93. The smallest absolute Gasteiger partial charge is 0.423 e. The van der Waals surface area contributed by atoms with Gasteiger partial charge in [0.05, 0.1) is 0 Å². The van der Waals surface area contributed by atoms with E-state index in [1.807, 2.05) is 0 Å². The van der Waals surface area contributed by atoms with Crippen molar-refractivity contribution in [3.05, 3.63) is 29.6 Å². The van der Waals surface area contributed by atoms with Crippen molar-refractivity contribution in [1.82, 2.24) is 4.90 Å². The number of nitrogens with zero attached hydrogens (tertiary/aromatic N) is 1. The number of halogens is 1. The standard InChI is InChI=1S/C12H17BFNO2/c1-9-3-2-6-15(9)8-10-4-5-12(14)11(7-10)13(16)17/h4-5,7,9,16-17H,2-3,6,8H2,1H3. The number of benzene rings is 1. The number of hydrogen-bond acceptors (Lipinski definition) is 3. The Labute approximate surface area is 101 Å². The van der Waals surface area contributed by atoms with E-state index < -0.39 is 12.9 Å². The van der Waals surface area contributed by atoms with E-state index in [1.165, 1.54) is 25.0 Å². The molecule has 92 valence electrons. The average Bonchev–Trinajstić information content (AvgIpc) is 2.67. The van der Waals surface area contributed by atoms with Crippen LogP contribution >= 0.6 is 0 Å². The Balaban J connectivity index is 2.13. The van der Waals surface area contributed by atoms with Gasteiger partial charge < -0.3 is 10.0 Å². The Morgan fingerprint density at radius 2 is 2.24 bits per heavy atom. The van der Waals surface area contributed by atoms with Gasteiger partial charge in [0.15, 0.2) is 0 Å². The second-order valence-corrected chi connectivity index (χ2v) is 4.69. The molecule has 1 aromatic rings. The van der Waals surface area contributed by atoms with Crippen LogP contribution in [0.1, 0.15) is 25.3 Å². The summed E-state index contributed by atoms with van der Waals surface area (Å²) in [5.41, 5.74) is 0.873. The molecule has 1 fully saturated rings. The third-order valence-corrected chi connectivity index (χ3v) is 3.41. The van der Waals surface area contributed by atoms with Gasteiger partial charge in [0.2, 0.25) is 0 Å². The van der Waals surface area contributed by atoms with Gasteiger partial charge in [-0.15, -0.1) is 0 Å². The molecule has 0 spiro atoms. The maximum Gasteiger partial charge on any atom is 0.491 e. The highest BCUT2D eigenvalue weighted by Crippen LogP contribution is 2.19. The van der Waals surface area contributed by atoms with Crippen LogP contribution in [0.25, 0.3) is 0 Å². The molecular weight excluding hydrogens is 220 g/mol. The summed E-state index contributed by atoms with van der Waals surface area (Å²) in [5, 5.41) is 18.1. The van der Waals surface area contributed by atoms with Crippen molar-refractivity contribution < 1.29 is 14.4 Å². The minimum Gasteiger partial charge on any atom is -0.423 e. The molecule has 0 saturated carbocycles. The zero-order valence-electron chi connectivity index (χ0n) is 9.93. The zero-order chi connectivity index (χ0) is 12.4. The van der Waals surface area contributed by atoms with E-state index in [1.54, 1.807) is 6.07 Å². The fraction of sp³-hybridized carbons (Fsp3) is 0.500. The molecule has 0 bridgehead atoms. The first kappa shape index (κ1) is 12.5. The second kappa shape index (κ2) is 5.17. The predicted molar refractivity (Wildman–Crippen MR) is 65.3 cm³/mol. The molecule has 0 aromatic heterocycles. The Kier molecular flexibility index (Phi) is 3.81. The van der Waals surface area contributed by atoms with Gasteiger partial charge in [0.1, 0.15) is 5.82 Å².